The molecule has 1 N–H and O–H groups in total. The second-order valence-corrected chi connectivity index (χ2v) is 12.9. The molecule has 3 aliphatic rings. The largest absolute Gasteiger partial charge is 0.341 e. The number of carbonyl (C=O) groups excluding carboxylic acids is 1. The number of aryl methyl sites for hydroxylation is 2. The van der Waals surface area contributed by atoms with Crippen LogP contribution < -0.4 is 10.2 Å². The van der Waals surface area contributed by atoms with Gasteiger partial charge in [-0.2, -0.15) is 10.2 Å². The smallest absolute Gasteiger partial charge is 0.317 e. The first-order valence-electron chi connectivity index (χ1n) is 13.8. The maximum Gasteiger partial charge on any atom is 0.317 e. The third kappa shape index (κ3) is 4.79. The van der Waals surface area contributed by atoms with Gasteiger partial charge in [0.15, 0.2) is 15.7 Å². The second kappa shape index (κ2) is 10.3. The van der Waals surface area contributed by atoms with Crippen LogP contribution in [0.15, 0.2) is 29.8 Å². The van der Waals surface area contributed by atoms with Gasteiger partial charge in [-0.3, -0.25) is 9.36 Å². The van der Waals surface area contributed by atoms with Crippen LogP contribution in [0.5, 0.6) is 0 Å². The number of nitrogens with one attached hydrogen (secondary N) is 1. The highest BCUT2D eigenvalue weighted by molar-refractivity contribution is 7.94. The average molecular weight is 586 g/mol. The molecule has 3 aromatic rings. The molecule has 13 heteroatoms. The zero-order valence-corrected chi connectivity index (χ0v) is 24.1. The highest BCUT2D eigenvalue weighted by Crippen LogP contribution is 2.44. The van der Waals surface area contributed by atoms with Crippen LogP contribution in [0, 0.1) is 6.92 Å². The van der Waals surface area contributed by atoms with Crippen molar-refractivity contribution in [1.82, 2.24) is 29.8 Å². The fraction of sp³-hybridized carbons (Fsp3) is 0.464. The number of nitrogens with zero attached hydrogens (tertiary/aromatic N) is 6. The number of sulfone groups is 1. The van der Waals surface area contributed by atoms with Crippen LogP contribution >= 0.6 is 0 Å². The molecule has 5 heterocycles. The number of benzene rings is 1. The van der Waals surface area contributed by atoms with E-state index in [0.717, 1.165) is 35.4 Å². The van der Waals surface area contributed by atoms with Crippen LogP contribution in [0.3, 0.4) is 0 Å². The van der Waals surface area contributed by atoms with Crippen molar-refractivity contribution in [3.63, 3.8) is 0 Å². The zero-order chi connectivity index (χ0) is 29.1. The summed E-state index contributed by atoms with van der Waals surface area (Å²) in [6.45, 7) is 3.26. The standard InChI is InChI=1S/C28H33F2N7O3S/c1-17-22(15-32-34(17)3)20-13-18-5-4-9-36(25(18)14-21(20)26(29)30)27-23-16-35(28(38)31-2)10-6-24(23)37(33-27)19-7-11-41(39,40)12-8-19/h7,11,13-15,19,26H,4-6,8-10,12,16H2,1-3H3,(H,31,38). The Morgan fingerprint density at radius 3 is 2.63 bits per heavy atom. The Hall–Kier alpha value is -3.74. The Labute approximate surface area is 237 Å². The normalized spacial score (nSPS) is 19.8. The van der Waals surface area contributed by atoms with Gasteiger partial charge < -0.3 is 15.1 Å². The Balaban J connectivity index is 1.49. The molecule has 1 atom stereocenters. The van der Waals surface area contributed by atoms with Crippen molar-refractivity contribution in [1.29, 1.82) is 0 Å². The van der Waals surface area contributed by atoms with E-state index in [2.05, 4.69) is 10.4 Å². The molecule has 0 saturated heterocycles. The summed E-state index contributed by atoms with van der Waals surface area (Å²) in [6.07, 6.45) is 3.09. The van der Waals surface area contributed by atoms with Gasteiger partial charge in [0.1, 0.15) is 0 Å². The lowest BCUT2D eigenvalue weighted by molar-refractivity contribution is 0.152. The quantitative estimate of drug-likeness (QED) is 0.493. The molecule has 0 fully saturated rings. The number of anilines is 2. The first-order chi connectivity index (χ1) is 19.6. The molecule has 2 aromatic heterocycles. The summed E-state index contributed by atoms with van der Waals surface area (Å²) in [5, 5.41) is 13.2. The fourth-order valence-corrected chi connectivity index (χ4v) is 7.29. The number of alkyl halides is 2. The first kappa shape index (κ1) is 27.4. The number of urea groups is 1. The van der Waals surface area contributed by atoms with E-state index in [1.807, 2.05) is 22.6 Å². The molecule has 1 unspecified atom stereocenters. The molecule has 10 nitrogen and oxygen atoms in total. The number of rotatable bonds is 4. The predicted octanol–water partition coefficient (Wildman–Crippen LogP) is 4.18. The van der Waals surface area contributed by atoms with Gasteiger partial charge in [0, 0.05) is 72.8 Å². The van der Waals surface area contributed by atoms with Gasteiger partial charge in [0.05, 0.1) is 24.5 Å². The van der Waals surface area contributed by atoms with Crippen molar-refractivity contribution >= 4 is 27.4 Å². The number of hydrogen-bond acceptors (Lipinski definition) is 6. The SMILES string of the molecule is CNC(=O)N1CCc2c(c(N3CCCc4cc(-c5cnn(C)c5C)c(C(F)F)cc43)nn2C2C=CS(=O)(=O)CC2)C1. The van der Waals surface area contributed by atoms with E-state index in [1.165, 1.54) is 5.41 Å². The molecule has 0 spiro atoms. The zero-order valence-electron chi connectivity index (χ0n) is 23.3. The lowest BCUT2D eigenvalue weighted by atomic mass is 9.92. The van der Waals surface area contributed by atoms with E-state index in [-0.39, 0.29) is 23.4 Å². The Kier molecular flexibility index (Phi) is 6.87. The van der Waals surface area contributed by atoms with E-state index in [1.54, 1.807) is 42.0 Å². The van der Waals surface area contributed by atoms with E-state index >= 15 is 0 Å². The average Bonchev–Trinajstić information content (AvgIpc) is 3.50. The topological polar surface area (TPSA) is 105 Å². The number of halogens is 2. The summed E-state index contributed by atoms with van der Waals surface area (Å²) in [5.41, 5.74) is 5.35. The van der Waals surface area contributed by atoms with Gasteiger partial charge in [0.25, 0.3) is 6.43 Å². The Morgan fingerprint density at radius 1 is 1.17 bits per heavy atom. The number of allylic oxidation sites excluding steroid dienone is 1. The first-order valence-corrected chi connectivity index (χ1v) is 15.5. The summed E-state index contributed by atoms with van der Waals surface area (Å²) in [7, 11) is 0.144. The second-order valence-electron chi connectivity index (χ2n) is 10.9. The lowest BCUT2D eigenvalue weighted by Crippen LogP contribution is -2.42. The summed E-state index contributed by atoms with van der Waals surface area (Å²) in [6, 6.07) is 3.00. The Morgan fingerprint density at radius 2 is 1.98 bits per heavy atom. The van der Waals surface area contributed by atoms with Crippen LogP contribution in [-0.4, -0.2) is 64.8 Å². The minimum absolute atomic E-state index is 0.0311. The molecule has 2 amide bonds. The van der Waals surface area contributed by atoms with Crippen LogP contribution in [0.1, 0.15) is 53.4 Å². The van der Waals surface area contributed by atoms with Crippen LogP contribution in [0.4, 0.5) is 25.1 Å². The van der Waals surface area contributed by atoms with Crippen molar-refractivity contribution in [2.45, 2.75) is 51.6 Å². The number of hydrogen-bond donors (Lipinski definition) is 1. The van der Waals surface area contributed by atoms with E-state index in [9.17, 15) is 22.0 Å². The third-order valence-corrected chi connectivity index (χ3v) is 9.85. The highest BCUT2D eigenvalue weighted by atomic mass is 32.2. The van der Waals surface area contributed by atoms with Crippen molar-refractivity contribution < 1.29 is 22.0 Å². The van der Waals surface area contributed by atoms with E-state index in [0.29, 0.717) is 55.1 Å². The minimum atomic E-state index is -3.23. The molecule has 0 saturated carbocycles. The van der Waals surface area contributed by atoms with Gasteiger partial charge >= 0.3 is 6.03 Å². The van der Waals surface area contributed by atoms with E-state index in [4.69, 9.17) is 5.10 Å². The molecule has 218 valence electrons. The minimum Gasteiger partial charge on any atom is -0.341 e. The summed E-state index contributed by atoms with van der Waals surface area (Å²) in [5.74, 6) is 0.658. The molecule has 1 aromatic carbocycles. The van der Waals surface area contributed by atoms with Crippen molar-refractivity contribution in [3.8, 4) is 11.1 Å². The van der Waals surface area contributed by atoms with Gasteiger partial charge in [-0.15, -0.1) is 0 Å². The highest BCUT2D eigenvalue weighted by Gasteiger charge is 2.35. The van der Waals surface area contributed by atoms with Crippen LogP contribution in [0.2, 0.25) is 0 Å². The van der Waals surface area contributed by atoms with Gasteiger partial charge in [-0.25, -0.2) is 22.0 Å². The molecule has 0 bridgehead atoms. The number of fused-ring (bicyclic) bond motifs is 2. The number of amides is 2. The predicted molar refractivity (Wildman–Crippen MR) is 151 cm³/mol. The van der Waals surface area contributed by atoms with Crippen LogP contribution in [-0.2, 0) is 36.3 Å². The molecule has 6 rings (SSSR count). The molecule has 0 radical (unpaired) electrons. The Bertz CT molecular complexity index is 1660. The number of aromatic nitrogens is 4. The van der Waals surface area contributed by atoms with Crippen LogP contribution in [0.25, 0.3) is 11.1 Å². The number of carbonyl (C=O) groups is 1. The summed E-state index contributed by atoms with van der Waals surface area (Å²) in [4.78, 5) is 16.3. The van der Waals surface area contributed by atoms with Gasteiger partial charge in [-0.1, -0.05) is 0 Å². The summed E-state index contributed by atoms with van der Waals surface area (Å²) < 4.78 is 56.7. The van der Waals surface area contributed by atoms with Gasteiger partial charge in [0.2, 0.25) is 0 Å². The molecule has 3 aliphatic heterocycles. The molecular weight excluding hydrogens is 552 g/mol. The summed E-state index contributed by atoms with van der Waals surface area (Å²) >= 11 is 0. The lowest BCUT2D eigenvalue weighted by Gasteiger charge is -2.33. The molecular formula is C28H33F2N7O3S. The molecule has 0 aliphatic carbocycles. The maximum absolute atomic E-state index is 14.5. The fourth-order valence-electron chi connectivity index (χ4n) is 6.16. The van der Waals surface area contributed by atoms with Gasteiger partial charge in [-0.05, 0) is 55.5 Å². The molecule has 41 heavy (non-hydrogen) atoms. The van der Waals surface area contributed by atoms with E-state index < -0.39 is 16.3 Å². The van der Waals surface area contributed by atoms with Crippen molar-refractivity contribution in [2.24, 2.45) is 7.05 Å². The van der Waals surface area contributed by atoms with Crippen molar-refractivity contribution in [3.05, 3.63) is 57.9 Å². The third-order valence-electron chi connectivity index (χ3n) is 8.47. The van der Waals surface area contributed by atoms with Crippen molar-refractivity contribution in [2.75, 3.05) is 30.8 Å². The monoisotopic (exact) mass is 585 g/mol. The maximum atomic E-state index is 14.5.